The normalized spacial score (nSPS) is 16.6. The fourth-order valence-corrected chi connectivity index (χ4v) is 4.57. The predicted octanol–water partition coefficient (Wildman–Crippen LogP) is 2.48. The number of hydrogen-bond acceptors (Lipinski definition) is 4. The lowest BCUT2D eigenvalue weighted by Gasteiger charge is -2.28. The number of rotatable bonds is 7. The molecule has 1 unspecified atom stereocenters. The molecule has 1 aliphatic rings. The largest absolute Gasteiger partial charge is 0.379 e. The summed E-state index contributed by atoms with van der Waals surface area (Å²) in [5.74, 6) is -0.207. The van der Waals surface area contributed by atoms with Gasteiger partial charge in [-0.25, -0.2) is 8.42 Å². The number of morpholine rings is 1. The number of nitrogens with zero attached hydrogens (tertiary/aromatic N) is 2. The maximum atomic E-state index is 13.1. The summed E-state index contributed by atoms with van der Waals surface area (Å²) in [4.78, 5) is 17.9. The number of benzene rings is 1. The van der Waals surface area contributed by atoms with Gasteiger partial charge in [-0.2, -0.15) is 4.31 Å². The Labute approximate surface area is 166 Å². The number of hydrogen-bond donors (Lipinski definition) is 1. The number of sulfonamides is 1. The molecule has 28 heavy (non-hydrogen) atoms. The summed E-state index contributed by atoms with van der Waals surface area (Å²) in [6, 6.07) is 11.2. The summed E-state index contributed by atoms with van der Waals surface area (Å²) in [7, 11) is -3.63. The number of aromatic nitrogens is 1. The smallest absolute Gasteiger partial charge is 0.270 e. The number of carbonyl (C=O) groups is 1. The lowest BCUT2D eigenvalue weighted by atomic mass is 10.1. The van der Waals surface area contributed by atoms with Crippen LogP contribution in [0, 0.1) is 0 Å². The highest BCUT2D eigenvalue weighted by molar-refractivity contribution is 7.89. The van der Waals surface area contributed by atoms with Crippen LogP contribution in [0.4, 0.5) is 0 Å². The van der Waals surface area contributed by atoms with Crippen molar-refractivity contribution in [1.82, 2.24) is 14.2 Å². The molecule has 0 radical (unpaired) electrons. The lowest BCUT2D eigenvalue weighted by Crippen LogP contribution is -2.40. The quantitative estimate of drug-likeness (QED) is 0.767. The summed E-state index contributed by atoms with van der Waals surface area (Å²) >= 11 is 0. The molecule has 1 aromatic heterocycles. The molecule has 1 aliphatic heterocycles. The third-order valence-corrected chi connectivity index (χ3v) is 6.95. The average Bonchev–Trinajstić information content (AvgIpc) is 3.23. The Morgan fingerprint density at radius 3 is 2.57 bits per heavy atom. The fraction of sp³-hybridized carbons (Fsp3) is 0.450. The minimum Gasteiger partial charge on any atom is -0.379 e. The van der Waals surface area contributed by atoms with E-state index in [0.29, 0.717) is 32.8 Å². The van der Waals surface area contributed by atoms with Crippen molar-refractivity contribution in [2.24, 2.45) is 0 Å². The highest BCUT2D eigenvalue weighted by atomic mass is 32.2. The highest BCUT2D eigenvalue weighted by Crippen LogP contribution is 2.21. The van der Waals surface area contributed by atoms with Crippen molar-refractivity contribution in [3.63, 3.8) is 0 Å². The molecule has 3 rings (SSSR count). The molecule has 152 valence electrons. The number of H-pyrrole nitrogens is 1. The molecule has 1 N–H and O–H groups in total. The van der Waals surface area contributed by atoms with E-state index in [9.17, 15) is 13.2 Å². The molecule has 0 saturated carbocycles. The van der Waals surface area contributed by atoms with Gasteiger partial charge in [-0.1, -0.05) is 37.3 Å². The minimum atomic E-state index is -3.63. The fourth-order valence-electron chi connectivity index (χ4n) is 3.17. The molecule has 0 aliphatic carbocycles. The first kappa shape index (κ1) is 20.6. The second-order valence-electron chi connectivity index (χ2n) is 6.94. The summed E-state index contributed by atoms with van der Waals surface area (Å²) in [6.07, 6.45) is 2.20. The molecule has 1 saturated heterocycles. The molecule has 2 heterocycles. The van der Waals surface area contributed by atoms with Crippen LogP contribution in [0.1, 0.15) is 36.3 Å². The Morgan fingerprint density at radius 2 is 1.93 bits per heavy atom. The van der Waals surface area contributed by atoms with E-state index in [4.69, 9.17) is 4.74 Å². The third-order valence-electron chi connectivity index (χ3n) is 5.07. The minimum absolute atomic E-state index is 0.0234. The first-order valence-corrected chi connectivity index (χ1v) is 11.0. The van der Waals surface area contributed by atoms with Gasteiger partial charge in [0.15, 0.2) is 0 Å². The molecule has 1 fully saturated rings. The zero-order valence-corrected chi connectivity index (χ0v) is 17.1. The number of carbonyl (C=O) groups excluding carboxylic acids is 1. The van der Waals surface area contributed by atoms with E-state index in [0.717, 1.165) is 12.0 Å². The zero-order chi connectivity index (χ0) is 20.1. The van der Waals surface area contributed by atoms with Crippen molar-refractivity contribution in [2.75, 3.05) is 26.3 Å². The van der Waals surface area contributed by atoms with Gasteiger partial charge in [-0.05, 0) is 25.0 Å². The summed E-state index contributed by atoms with van der Waals surface area (Å²) < 4.78 is 32.2. The highest BCUT2D eigenvalue weighted by Gasteiger charge is 2.29. The van der Waals surface area contributed by atoms with Gasteiger partial charge in [-0.15, -0.1) is 0 Å². The number of ether oxygens (including phenoxy) is 1. The summed E-state index contributed by atoms with van der Waals surface area (Å²) in [6.45, 7) is 5.91. The first-order chi connectivity index (χ1) is 13.4. The van der Waals surface area contributed by atoms with E-state index < -0.39 is 10.0 Å². The molecule has 1 atom stereocenters. The Hall–Kier alpha value is -2.16. The topological polar surface area (TPSA) is 82.7 Å². The number of aromatic amines is 1. The van der Waals surface area contributed by atoms with Gasteiger partial charge in [0.25, 0.3) is 5.91 Å². The summed E-state index contributed by atoms with van der Waals surface area (Å²) in [5, 5.41) is 0. The predicted molar refractivity (Wildman–Crippen MR) is 106 cm³/mol. The molecule has 7 nitrogen and oxygen atoms in total. The van der Waals surface area contributed by atoms with Gasteiger partial charge < -0.3 is 14.6 Å². The van der Waals surface area contributed by atoms with Crippen LogP contribution in [0.25, 0.3) is 0 Å². The Balaban J connectivity index is 1.82. The maximum Gasteiger partial charge on any atom is 0.270 e. The molecule has 0 bridgehead atoms. The van der Waals surface area contributed by atoms with Crippen molar-refractivity contribution in [2.45, 2.75) is 37.8 Å². The van der Waals surface area contributed by atoms with Gasteiger partial charge in [0, 0.05) is 31.9 Å². The molecule has 1 aromatic carbocycles. The molecular formula is C20H27N3O4S. The SMILES string of the molecule is CCC(C)N(Cc1ccccc1)C(=O)c1cc(S(=O)(=O)N2CCOCC2)c[nH]1. The van der Waals surface area contributed by atoms with Crippen LogP contribution < -0.4 is 0 Å². The van der Waals surface area contributed by atoms with Gasteiger partial charge >= 0.3 is 0 Å². The Bertz CT molecular complexity index is 889. The third kappa shape index (κ3) is 4.45. The monoisotopic (exact) mass is 405 g/mol. The van der Waals surface area contributed by atoms with E-state index in [2.05, 4.69) is 4.98 Å². The van der Waals surface area contributed by atoms with Crippen molar-refractivity contribution < 1.29 is 17.9 Å². The second kappa shape index (κ2) is 8.89. The van der Waals surface area contributed by atoms with Crippen LogP contribution in [0.2, 0.25) is 0 Å². The molecule has 2 aromatic rings. The number of amides is 1. The standard InChI is InChI=1S/C20H27N3O4S/c1-3-16(2)23(15-17-7-5-4-6-8-17)20(24)19-13-18(14-21-19)28(25,26)22-9-11-27-12-10-22/h4-8,13-14,16,21H,3,9-12,15H2,1-2H3. The van der Waals surface area contributed by atoms with Crippen LogP contribution in [0.15, 0.2) is 47.5 Å². The Morgan fingerprint density at radius 1 is 1.25 bits per heavy atom. The number of nitrogens with one attached hydrogen (secondary N) is 1. The maximum absolute atomic E-state index is 13.1. The van der Waals surface area contributed by atoms with Gasteiger partial charge in [0.05, 0.1) is 13.2 Å². The zero-order valence-electron chi connectivity index (χ0n) is 16.3. The molecule has 8 heteroatoms. The van der Waals surface area contributed by atoms with E-state index >= 15 is 0 Å². The van der Waals surface area contributed by atoms with E-state index in [1.54, 1.807) is 4.90 Å². The summed E-state index contributed by atoms with van der Waals surface area (Å²) in [5.41, 5.74) is 1.31. The van der Waals surface area contributed by atoms with Crippen LogP contribution in [0.3, 0.4) is 0 Å². The van der Waals surface area contributed by atoms with Crippen LogP contribution in [-0.2, 0) is 21.3 Å². The van der Waals surface area contributed by atoms with Crippen LogP contribution in [-0.4, -0.2) is 60.9 Å². The molecular weight excluding hydrogens is 378 g/mol. The van der Waals surface area contributed by atoms with Crippen molar-refractivity contribution in [3.05, 3.63) is 53.9 Å². The van der Waals surface area contributed by atoms with Crippen molar-refractivity contribution in [3.8, 4) is 0 Å². The first-order valence-electron chi connectivity index (χ1n) is 9.54. The van der Waals surface area contributed by atoms with Gasteiger partial charge in [0.1, 0.15) is 10.6 Å². The van der Waals surface area contributed by atoms with Crippen LogP contribution in [0.5, 0.6) is 0 Å². The molecule has 0 spiro atoms. The van der Waals surface area contributed by atoms with Crippen molar-refractivity contribution >= 4 is 15.9 Å². The molecule has 1 amide bonds. The van der Waals surface area contributed by atoms with Crippen LogP contribution >= 0.6 is 0 Å². The Kier molecular flexibility index (Phi) is 6.53. The van der Waals surface area contributed by atoms with E-state index in [-0.39, 0.29) is 22.5 Å². The van der Waals surface area contributed by atoms with E-state index in [1.807, 2.05) is 44.2 Å². The van der Waals surface area contributed by atoms with Crippen molar-refractivity contribution in [1.29, 1.82) is 0 Å². The lowest BCUT2D eigenvalue weighted by molar-refractivity contribution is 0.0666. The average molecular weight is 406 g/mol. The van der Waals surface area contributed by atoms with E-state index in [1.165, 1.54) is 16.6 Å². The second-order valence-corrected chi connectivity index (χ2v) is 8.88. The van der Waals surface area contributed by atoms with Gasteiger partial charge in [-0.3, -0.25) is 4.79 Å². The van der Waals surface area contributed by atoms with Gasteiger partial charge in [0.2, 0.25) is 10.0 Å².